The van der Waals surface area contributed by atoms with E-state index in [2.05, 4.69) is 16.5 Å². The van der Waals surface area contributed by atoms with Gasteiger partial charge in [0.25, 0.3) is 10.0 Å². The number of hydrogen-bond donors (Lipinski definition) is 1. The van der Waals surface area contributed by atoms with E-state index in [-0.39, 0.29) is 10.7 Å². The quantitative estimate of drug-likeness (QED) is 0.590. The average Bonchev–Trinajstić information content (AvgIpc) is 2.45. The Labute approximate surface area is 132 Å². The number of carbonyl (C=O) groups is 1. The molecule has 0 saturated heterocycles. The van der Waals surface area contributed by atoms with Gasteiger partial charge in [-0.25, -0.2) is 4.83 Å². The van der Waals surface area contributed by atoms with E-state index in [0.29, 0.717) is 25.0 Å². The number of sulfonamides is 1. The van der Waals surface area contributed by atoms with Gasteiger partial charge in [0, 0.05) is 12.1 Å². The molecule has 0 unspecified atom stereocenters. The lowest BCUT2D eigenvalue weighted by molar-refractivity contribution is -0.117. The van der Waals surface area contributed by atoms with Gasteiger partial charge in [-0.2, -0.15) is 13.5 Å². The molecular weight excluding hydrogens is 300 g/mol. The van der Waals surface area contributed by atoms with Crippen LogP contribution in [0.4, 0.5) is 0 Å². The first-order valence-corrected chi connectivity index (χ1v) is 8.51. The zero-order chi connectivity index (χ0) is 16.8. The van der Waals surface area contributed by atoms with E-state index in [1.54, 1.807) is 19.1 Å². The van der Waals surface area contributed by atoms with Crippen LogP contribution in [-0.2, 0) is 14.8 Å². The first-order valence-electron chi connectivity index (χ1n) is 7.02. The molecule has 0 saturated carbocycles. The summed E-state index contributed by atoms with van der Waals surface area (Å²) in [7, 11) is -3.67. The third kappa shape index (κ3) is 5.81. The summed E-state index contributed by atoms with van der Waals surface area (Å²) in [5.74, 6) is 0.117. The normalized spacial score (nSPS) is 12.0. The lowest BCUT2D eigenvalue weighted by Gasteiger charge is -2.06. The first-order chi connectivity index (χ1) is 10.2. The molecule has 0 bridgehead atoms. The smallest absolute Gasteiger partial charge is 0.276 e. The van der Waals surface area contributed by atoms with Crippen LogP contribution in [0.3, 0.4) is 0 Å². The number of nitrogens with one attached hydrogen (secondary N) is 1. The Morgan fingerprint density at radius 2 is 1.73 bits per heavy atom. The predicted octanol–water partition coefficient (Wildman–Crippen LogP) is 3.13. The van der Waals surface area contributed by atoms with Gasteiger partial charge in [0.2, 0.25) is 0 Å². The lowest BCUT2D eigenvalue weighted by atomic mass is 10.1. The average molecular weight is 322 g/mol. The van der Waals surface area contributed by atoms with Crippen molar-refractivity contribution < 1.29 is 13.2 Å². The Morgan fingerprint density at radius 3 is 2.23 bits per heavy atom. The minimum Gasteiger partial charge on any atom is -0.300 e. The number of carbonyl (C=O) groups excluding carboxylic acids is 1. The van der Waals surface area contributed by atoms with Gasteiger partial charge < -0.3 is 4.79 Å². The summed E-state index contributed by atoms with van der Waals surface area (Å²) in [6.07, 6.45) is 1.72. The van der Waals surface area contributed by atoms with Crippen LogP contribution in [0.25, 0.3) is 5.57 Å². The highest BCUT2D eigenvalue weighted by molar-refractivity contribution is 7.89. The van der Waals surface area contributed by atoms with E-state index in [9.17, 15) is 13.2 Å². The molecule has 120 valence electrons. The second-order valence-corrected chi connectivity index (χ2v) is 6.96. The van der Waals surface area contributed by atoms with Crippen LogP contribution in [-0.4, -0.2) is 19.9 Å². The van der Waals surface area contributed by atoms with E-state index in [1.165, 1.54) is 19.1 Å². The first kappa shape index (κ1) is 18.1. The van der Waals surface area contributed by atoms with Gasteiger partial charge in [0.1, 0.15) is 5.78 Å². The zero-order valence-corrected chi connectivity index (χ0v) is 14.0. The number of benzene rings is 1. The molecule has 0 radical (unpaired) electrons. The lowest BCUT2D eigenvalue weighted by Crippen LogP contribution is -2.19. The summed E-state index contributed by atoms with van der Waals surface area (Å²) in [6, 6.07) is 6.46. The highest BCUT2D eigenvalue weighted by atomic mass is 32.2. The molecule has 0 aromatic heterocycles. The topological polar surface area (TPSA) is 75.6 Å². The third-order valence-corrected chi connectivity index (χ3v) is 4.31. The molecule has 0 heterocycles. The monoisotopic (exact) mass is 322 g/mol. The fourth-order valence-electron chi connectivity index (χ4n) is 1.76. The van der Waals surface area contributed by atoms with Gasteiger partial charge in [0.15, 0.2) is 0 Å². The largest absolute Gasteiger partial charge is 0.300 e. The van der Waals surface area contributed by atoms with Crippen LogP contribution < -0.4 is 4.83 Å². The minimum absolute atomic E-state index is 0.117. The van der Waals surface area contributed by atoms with Crippen molar-refractivity contribution in [1.82, 2.24) is 4.83 Å². The Hall–Kier alpha value is -1.95. The van der Waals surface area contributed by atoms with Crippen LogP contribution in [0.15, 0.2) is 40.8 Å². The molecule has 0 spiro atoms. The summed E-state index contributed by atoms with van der Waals surface area (Å²) in [6.45, 7) is 8.92. The zero-order valence-electron chi connectivity index (χ0n) is 13.2. The Morgan fingerprint density at radius 1 is 1.14 bits per heavy atom. The maximum absolute atomic E-state index is 12.1. The summed E-state index contributed by atoms with van der Waals surface area (Å²) in [5.41, 5.74) is 2.41. The Kier molecular flexibility index (Phi) is 6.49. The van der Waals surface area contributed by atoms with E-state index in [1.807, 2.05) is 6.92 Å². The van der Waals surface area contributed by atoms with Crippen molar-refractivity contribution >= 4 is 27.1 Å². The van der Waals surface area contributed by atoms with Gasteiger partial charge >= 0.3 is 0 Å². The van der Waals surface area contributed by atoms with Gasteiger partial charge in [-0.3, -0.25) is 0 Å². The van der Waals surface area contributed by atoms with Gasteiger partial charge in [0.05, 0.1) is 4.90 Å². The highest BCUT2D eigenvalue weighted by Crippen LogP contribution is 2.15. The van der Waals surface area contributed by atoms with Gasteiger partial charge in [-0.05, 0) is 51.3 Å². The maximum Gasteiger partial charge on any atom is 0.276 e. The predicted molar refractivity (Wildman–Crippen MR) is 89.1 cm³/mol. The Balaban J connectivity index is 2.70. The molecule has 0 atom stereocenters. The molecular formula is C16H22N2O3S. The molecule has 22 heavy (non-hydrogen) atoms. The molecule has 0 fully saturated rings. The second-order valence-electron chi connectivity index (χ2n) is 5.30. The van der Waals surface area contributed by atoms with Gasteiger partial charge in [-0.15, -0.1) is 0 Å². The fourth-order valence-corrected chi connectivity index (χ4v) is 2.63. The van der Waals surface area contributed by atoms with Crippen LogP contribution in [0.1, 0.15) is 45.6 Å². The maximum atomic E-state index is 12.1. The summed E-state index contributed by atoms with van der Waals surface area (Å²) >= 11 is 0. The number of hydrazone groups is 1. The van der Waals surface area contributed by atoms with Crippen molar-refractivity contribution in [2.24, 2.45) is 5.10 Å². The van der Waals surface area contributed by atoms with Crippen molar-refractivity contribution in [3.05, 3.63) is 36.4 Å². The SMILES string of the molecule is C=C(C)c1ccc(S(=O)(=O)N/N=C(\C)CCCC(C)=O)cc1. The molecule has 6 heteroatoms. The molecule has 1 aromatic rings. The third-order valence-electron chi connectivity index (χ3n) is 3.08. The number of hydrogen-bond acceptors (Lipinski definition) is 4. The second kappa shape index (κ2) is 7.89. The molecule has 0 amide bonds. The van der Waals surface area contributed by atoms with Crippen LogP contribution >= 0.6 is 0 Å². The molecule has 1 rings (SSSR count). The summed E-state index contributed by atoms with van der Waals surface area (Å²) in [4.78, 5) is 13.2. The van der Waals surface area contributed by atoms with Crippen molar-refractivity contribution in [3.8, 4) is 0 Å². The van der Waals surface area contributed by atoms with Crippen LogP contribution in [0, 0.1) is 0 Å². The van der Waals surface area contributed by atoms with Crippen molar-refractivity contribution in [2.45, 2.75) is 44.9 Å². The molecule has 0 aliphatic carbocycles. The van der Waals surface area contributed by atoms with Crippen LogP contribution in [0.2, 0.25) is 0 Å². The molecule has 1 N–H and O–H groups in total. The van der Waals surface area contributed by atoms with Crippen molar-refractivity contribution in [1.29, 1.82) is 0 Å². The number of Topliss-reactive ketones (excluding diaryl/α,β-unsaturated/α-hetero) is 1. The van der Waals surface area contributed by atoms with E-state index in [0.717, 1.165) is 11.1 Å². The van der Waals surface area contributed by atoms with Gasteiger partial charge in [-0.1, -0.05) is 24.3 Å². The molecule has 0 aliphatic heterocycles. The summed E-state index contributed by atoms with van der Waals surface area (Å²) < 4.78 is 24.2. The van der Waals surface area contributed by atoms with Crippen LogP contribution in [0.5, 0.6) is 0 Å². The highest BCUT2D eigenvalue weighted by Gasteiger charge is 2.12. The van der Waals surface area contributed by atoms with Crippen molar-refractivity contribution in [3.63, 3.8) is 0 Å². The number of allylic oxidation sites excluding steroid dienone is 1. The number of ketones is 1. The Bertz CT molecular complexity index is 674. The van der Waals surface area contributed by atoms with Crippen molar-refractivity contribution in [2.75, 3.05) is 0 Å². The molecule has 5 nitrogen and oxygen atoms in total. The fraction of sp³-hybridized carbons (Fsp3) is 0.375. The minimum atomic E-state index is -3.67. The standard InChI is InChI=1S/C16H22N2O3S/c1-12(2)15-8-10-16(11-9-15)22(20,21)18-17-13(3)6-5-7-14(4)19/h8-11,18H,1,5-7H2,2-4H3/b17-13+. The number of rotatable bonds is 8. The molecule has 0 aliphatic rings. The van der Waals surface area contributed by atoms with E-state index >= 15 is 0 Å². The number of nitrogens with zero attached hydrogens (tertiary/aromatic N) is 1. The summed E-state index contributed by atoms with van der Waals surface area (Å²) in [5, 5.41) is 3.88. The van der Waals surface area contributed by atoms with E-state index < -0.39 is 10.0 Å². The van der Waals surface area contributed by atoms with E-state index in [4.69, 9.17) is 0 Å². The molecule has 1 aromatic carbocycles.